The van der Waals surface area contributed by atoms with Crippen molar-refractivity contribution in [3.63, 3.8) is 0 Å². The number of rotatable bonds is 2. The van der Waals surface area contributed by atoms with Crippen molar-refractivity contribution in [2.75, 3.05) is 0 Å². The van der Waals surface area contributed by atoms with Crippen molar-refractivity contribution in [3.8, 4) is 0 Å². The number of hydrogen-bond acceptors (Lipinski definition) is 1. The third-order valence-electron chi connectivity index (χ3n) is 4.33. The molecule has 1 aromatic heterocycles. The van der Waals surface area contributed by atoms with E-state index in [0.29, 0.717) is 11.3 Å². The minimum atomic E-state index is 0.198. The van der Waals surface area contributed by atoms with Gasteiger partial charge in [0.1, 0.15) is 0 Å². The van der Waals surface area contributed by atoms with E-state index in [1.165, 1.54) is 29.0 Å². The van der Waals surface area contributed by atoms with Gasteiger partial charge in [0.15, 0.2) is 0 Å². The zero-order chi connectivity index (χ0) is 13.6. The van der Waals surface area contributed by atoms with E-state index >= 15 is 0 Å². The summed E-state index contributed by atoms with van der Waals surface area (Å²) in [6, 6.07) is 4.51. The largest absolute Gasteiger partial charge is 0.143 e. The molecule has 2 heteroatoms. The lowest BCUT2D eigenvalue weighted by Gasteiger charge is -2.30. The number of alkyl halides is 1. The highest BCUT2D eigenvalue weighted by molar-refractivity contribution is 7.12. The van der Waals surface area contributed by atoms with Crippen LogP contribution >= 0.6 is 22.9 Å². The fourth-order valence-corrected chi connectivity index (χ4v) is 4.78. The summed E-state index contributed by atoms with van der Waals surface area (Å²) in [5.74, 6) is 0.630. The van der Waals surface area contributed by atoms with Crippen LogP contribution in [-0.4, -0.2) is 0 Å². The van der Waals surface area contributed by atoms with E-state index in [-0.39, 0.29) is 10.8 Å². The van der Waals surface area contributed by atoms with Gasteiger partial charge in [0.2, 0.25) is 0 Å². The maximum Gasteiger partial charge on any atom is 0.0711 e. The van der Waals surface area contributed by atoms with Gasteiger partial charge < -0.3 is 0 Å². The topological polar surface area (TPSA) is 0 Å². The summed E-state index contributed by atoms with van der Waals surface area (Å²) in [7, 11) is 0. The number of thiophene rings is 1. The highest BCUT2D eigenvalue weighted by Crippen LogP contribution is 2.52. The van der Waals surface area contributed by atoms with E-state index in [4.69, 9.17) is 11.6 Å². The van der Waals surface area contributed by atoms with E-state index in [0.717, 1.165) is 0 Å². The molecule has 0 bridgehead atoms. The van der Waals surface area contributed by atoms with Crippen LogP contribution in [0.4, 0.5) is 0 Å². The van der Waals surface area contributed by atoms with Crippen LogP contribution in [-0.2, 0) is 5.41 Å². The van der Waals surface area contributed by atoms with Crippen molar-refractivity contribution >= 4 is 22.9 Å². The van der Waals surface area contributed by atoms with Gasteiger partial charge in [0, 0.05) is 9.75 Å². The summed E-state index contributed by atoms with van der Waals surface area (Å²) in [5.41, 5.74) is 0.642. The monoisotopic (exact) mass is 284 g/mol. The van der Waals surface area contributed by atoms with Crippen molar-refractivity contribution in [3.05, 3.63) is 21.9 Å². The quantitative estimate of drug-likeness (QED) is 0.571. The van der Waals surface area contributed by atoms with Crippen LogP contribution in [0, 0.1) is 11.3 Å². The molecule has 1 fully saturated rings. The molecule has 1 aromatic rings. The summed E-state index contributed by atoms with van der Waals surface area (Å²) >= 11 is 8.67. The molecule has 102 valence electrons. The van der Waals surface area contributed by atoms with Crippen LogP contribution in [0.5, 0.6) is 0 Å². The first-order chi connectivity index (χ1) is 8.22. The molecule has 2 unspecified atom stereocenters. The first-order valence-electron chi connectivity index (χ1n) is 6.96. The molecule has 0 N–H and O–H groups in total. The van der Waals surface area contributed by atoms with E-state index in [2.05, 4.69) is 46.8 Å². The Morgan fingerprint density at radius 3 is 2.44 bits per heavy atom. The predicted octanol–water partition coefficient (Wildman–Crippen LogP) is 6.15. The van der Waals surface area contributed by atoms with Crippen molar-refractivity contribution < 1.29 is 0 Å². The van der Waals surface area contributed by atoms with Crippen LogP contribution in [0.3, 0.4) is 0 Å². The highest BCUT2D eigenvalue weighted by Gasteiger charge is 2.40. The highest BCUT2D eigenvalue weighted by atomic mass is 35.5. The fourth-order valence-electron chi connectivity index (χ4n) is 3.00. The lowest BCUT2D eigenvalue weighted by molar-refractivity contribution is 0.253. The molecule has 2 rings (SSSR count). The average molecular weight is 285 g/mol. The summed E-state index contributed by atoms with van der Waals surface area (Å²) < 4.78 is 0. The van der Waals surface area contributed by atoms with Crippen molar-refractivity contribution in [2.24, 2.45) is 11.3 Å². The van der Waals surface area contributed by atoms with Gasteiger partial charge in [-0.1, -0.05) is 41.0 Å². The van der Waals surface area contributed by atoms with E-state index in [1.807, 2.05) is 11.3 Å². The van der Waals surface area contributed by atoms with Crippen LogP contribution in [0.15, 0.2) is 12.1 Å². The van der Waals surface area contributed by atoms with Gasteiger partial charge in [-0.25, -0.2) is 0 Å². The normalized spacial score (nSPS) is 25.3. The Balaban J connectivity index is 2.19. The Morgan fingerprint density at radius 2 is 2.00 bits per heavy atom. The molecule has 18 heavy (non-hydrogen) atoms. The minimum Gasteiger partial charge on any atom is -0.143 e. The molecule has 0 aromatic carbocycles. The Hall–Kier alpha value is -0.0100. The molecule has 0 radical (unpaired) electrons. The van der Waals surface area contributed by atoms with Gasteiger partial charge in [0.25, 0.3) is 0 Å². The first-order valence-corrected chi connectivity index (χ1v) is 8.21. The fraction of sp³-hybridized carbons (Fsp3) is 0.750. The van der Waals surface area contributed by atoms with Crippen molar-refractivity contribution in [1.82, 2.24) is 0 Å². The second-order valence-electron chi connectivity index (χ2n) is 7.34. The Labute approximate surface area is 121 Å². The van der Waals surface area contributed by atoms with Gasteiger partial charge in [-0.3, -0.25) is 0 Å². The van der Waals surface area contributed by atoms with Crippen molar-refractivity contribution in [2.45, 2.75) is 64.7 Å². The minimum absolute atomic E-state index is 0.198. The maximum atomic E-state index is 6.77. The summed E-state index contributed by atoms with van der Waals surface area (Å²) in [4.78, 5) is 2.81. The zero-order valence-corrected chi connectivity index (χ0v) is 13.8. The molecule has 2 atom stereocenters. The number of halogens is 1. The van der Waals surface area contributed by atoms with Crippen LogP contribution in [0.1, 0.15) is 69.0 Å². The predicted molar refractivity (Wildman–Crippen MR) is 82.7 cm³/mol. The molecule has 1 aliphatic rings. The average Bonchev–Trinajstić information content (AvgIpc) is 2.81. The molecule has 0 nitrogen and oxygen atoms in total. The maximum absolute atomic E-state index is 6.77. The summed E-state index contributed by atoms with van der Waals surface area (Å²) in [5, 5.41) is 0.198. The Kier molecular flexibility index (Phi) is 3.86. The Morgan fingerprint density at radius 1 is 1.33 bits per heavy atom. The molecule has 1 saturated carbocycles. The van der Waals surface area contributed by atoms with Gasteiger partial charge in [0.05, 0.1) is 5.38 Å². The molecule has 1 heterocycles. The van der Waals surface area contributed by atoms with E-state index < -0.39 is 0 Å². The van der Waals surface area contributed by atoms with Crippen LogP contribution in [0.25, 0.3) is 0 Å². The van der Waals surface area contributed by atoms with Gasteiger partial charge in [-0.05, 0) is 41.7 Å². The standard InChI is InChI=1S/C16H25ClS/c1-15(2,3)13-9-8-12(18-13)14(17)11-7-6-10-16(11,4)5/h8-9,11,14H,6-7,10H2,1-5H3. The SMILES string of the molecule is CC(C)(C)c1ccc(C(Cl)C2CCCC2(C)C)s1. The van der Waals surface area contributed by atoms with Crippen LogP contribution in [0.2, 0.25) is 0 Å². The Bertz CT molecular complexity index is 411. The molecule has 1 aliphatic carbocycles. The molecular weight excluding hydrogens is 260 g/mol. The molecule has 0 amide bonds. The number of hydrogen-bond donors (Lipinski definition) is 0. The molecule has 0 aliphatic heterocycles. The lowest BCUT2D eigenvalue weighted by atomic mass is 9.79. The van der Waals surface area contributed by atoms with E-state index in [9.17, 15) is 0 Å². The third kappa shape index (κ3) is 2.77. The van der Waals surface area contributed by atoms with Crippen LogP contribution < -0.4 is 0 Å². The van der Waals surface area contributed by atoms with Gasteiger partial charge in [-0.2, -0.15) is 0 Å². The van der Waals surface area contributed by atoms with Crippen molar-refractivity contribution in [1.29, 1.82) is 0 Å². The second kappa shape index (κ2) is 4.83. The lowest BCUT2D eigenvalue weighted by Crippen LogP contribution is -2.21. The van der Waals surface area contributed by atoms with E-state index in [1.54, 1.807) is 0 Å². The molecular formula is C16H25ClS. The third-order valence-corrected chi connectivity index (χ3v) is 6.59. The van der Waals surface area contributed by atoms with Gasteiger partial charge in [-0.15, -0.1) is 22.9 Å². The molecule has 0 saturated heterocycles. The molecule has 0 spiro atoms. The smallest absolute Gasteiger partial charge is 0.0711 e. The van der Waals surface area contributed by atoms with Gasteiger partial charge >= 0.3 is 0 Å². The summed E-state index contributed by atoms with van der Waals surface area (Å²) in [6.07, 6.45) is 3.93. The summed E-state index contributed by atoms with van der Waals surface area (Å²) in [6.45, 7) is 11.6. The first kappa shape index (κ1) is 14.4. The zero-order valence-electron chi connectivity index (χ0n) is 12.2. The second-order valence-corrected chi connectivity index (χ2v) is 8.93.